The summed E-state index contributed by atoms with van der Waals surface area (Å²) in [4.78, 5) is 11.1. The van der Waals surface area contributed by atoms with Crippen molar-refractivity contribution in [2.45, 2.75) is 12.8 Å². The van der Waals surface area contributed by atoms with Crippen molar-refractivity contribution in [3.05, 3.63) is 41.2 Å². The van der Waals surface area contributed by atoms with Gasteiger partial charge in [-0.2, -0.15) is 0 Å². The molecule has 84 valence electrons. The molecule has 16 heavy (non-hydrogen) atoms. The smallest absolute Gasteiger partial charge is 0.159 e. The average molecular weight is 224 g/mol. The van der Waals surface area contributed by atoms with Gasteiger partial charge in [0.15, 0.2) is 11.6 Å². The lowest BCUT2D eigenvalue weighted by molar-refractivity contribution is -0.121. The van der Waals surface area contributed by atoms with Crippen LogP contribution in [0.2, 0.25) is 0 Å². The van der Waals surface area contributed by atoms with Crippen molar-refractivity contribution in [1.29, 1.82) is 0 Å². The minimum Gasteiger partial charge on any atom is -0.497 e. The van der Waals surface area contributed by atoms with Crippen molar-refractivity contribution in [2.75, 3.05) is 6.61 Å². The van der Waals surface area contributed by atoms with Crippen LogP contribution in [-0.4, -0.2) is 12.4 Å². The third-order valence-corrected chi connectivity index (χ3v) is 2.31. The zero-order valence-corrected chi connectivity index (χ0v) is 8.50. The van der Waals surface area contributed by atoms with Crippen molar-refractivity contribution in [1.82, 2.24) is 0 Å². The Bertz CT molecular complexity index is 452. The third kappa shape index (κ3) is 2.45. The van der Waals surface area contributed by atoms with Gasteiger partial charge in [0.25, 0.3) is 0 Å². The number of carbonyl (C=O) groups excluding carboxylic acids is 1. The Morgan fingerprint density at radius 3 is 2.75 bits per heavy atom. The van der Waals surface area contributed by atoms with Crippen LogP contribution in [0.5, 0.6) is 0 Å². The molecule has 0 atom stereocenters. The van der Waals surface area contributed by atoms with Crippen LogP contribution in [-0.2, 0) is 9.53 Å². The fourth-order valence-electron chi connectivity index (χ4n) is 1.51. The summed E-state index contributed by atoms with van der Waals surface area (Å²) in [6.07, 6.45) is 2.19. The first kappa shape index (κ1) is 10.8. The molecule has 0 aromatic heterocycles. The first-order valence-corrected chi connectivity index (χ1v) is 4.95. The first-order valence-electron chi connectivity index (χ1n) is 4.95. The summed E-state index contributed by atoms with van der Waals surface area (Å²) >= 11 is 0. The number of hydrogen-bond acceptors (Lipinski definition) is 2. The van der Waals surface area contributed by atoms with Crippen LogP contribution in [0.4, 0.5) is 8.78 Å². The normalized spacial score (nSPS) is 18.6. The number of ketones is 1. The standard InChI is InChI=1S/C12H10F2O2/c13-11-2-1-8(6-12(11)14)5-10-7-9(15)3-4-16-10/h1-2,5-6H,3-4,7H2. The van der Waals surface area contributed by atoms with Gasteiger partial charge in [0, 0.05) is 6.42 Å². The number of halogens is 2. The fraction of sp³-hybridized carbons (Fsp3) is 0.250. The molecule has 1 fully saturated rings. The summed E-state index contributed by atoms with van der Waals surface area (Å²) in [5.74, 6) is -1.19. The van der Waals surface area contributed by atoms with Gasteiger partial charge in [-0.25, -0.2) is 8.78 Å². The lowest BCUT2D eigenvalue weighted by atomic mass is 10.1. The van der Waals surface area contributed by atoms with Crippen molar-refractivity contribution in [2.24, 2.45) is 0 Å². The maximum atomic E-state index is 12.9. The number of hydrogen-bond donors (Lipinski definition) is 0. The highest BCUT2D eigenvalue weighted by Crippen LogP contribution is 2.18. The van der Waals surface area contributed by atoms with E-state index in [0.717, 1.165) is 12.1 Å². The second-order valence-corrected chi connectivity index (χ2v) is 3.60. The summed E-state index contributed by atoms with van der Waals surface area (Å²) < 4.78 is 30.8. The van der Waals surface area contributed by atoms with Gasteiger partial charge in [-0.05, 0) is 23.8 Å². The van der Waals surface area contributed by atoms with E-state index in [9.17, 15) is 13.6 Å². The summed E-state index contributed by atoms with van der Waals surface area (Å²) in [7, 11) is 0. The third-order valence-electron chi connectivity index (χ3n) is 2.31. The molecule has 1 aliphatic rings. The van der Waals surface area contributed by atoms with Gasteiger partial charge in [0.1, 0.15) is 11.5 Å². The molecule has 0 amide bonds. The van der Waals surface area contributed by atoms with E-state index in [2.05, 4.69) is 0 Å². The number of benzene rings is 1. The molecule has 0 bridgehead atoms. The van der Waals surface area contributed by atoms with Gasteiger partial charge >= 0.3 is 0 Å². The Morgan fingerprint density at radius 2 is 2.06 bits per heavy atom. The van der Waals surface area contributed by atoms with Crippen molar-refractivity contribution < 1.29 is 18.3 Å². The second kappa shape index (κ2) is 4.43. The molecule has 1 aromatic carbocycles. The Balaban J connectivity index is 2.21. The molecule has 2 nitrogen and oxygen atoms in total. The highest BCUT2D eigenvalue weighted by atomic mass is 19.2. The fourth-order valence-corrected chi connectivity index (χ4v) is 1.51. The van der Waals surface area contributed by atoms with Crippen molar-refractivity contribution in [3.8, 4) is 0 Å². The highest BCUT2D eigenvalue weighted by molar-refractivity contribution is 5.82. The van der Waals surface area contributed by atoms with Crippen LogP contribution in [0.3, 0.4) is 0 Å². The molecule has 2 rings (SSSR count). The molecular formula is C12H10F2O2. The topological polar surface area (TPSA) is 26.3 Å². The molecule has 0 saturated carbocycles. The monoisotopic (exact) mass is 224 g/mol. The predicted octanol–water partition coefficient (Wildman–Crippen LogP) is 2.69. The van der Waals surface area contributed by atoms with Crippen LogP contribution < -0.4 is 0 Å². The van der Waals surface area contributed by atoms with Crippen molar-refractivity contribution in [3.63, 3.8) is 0 Å². The minimum atomic E-state index is -0.906. The van der Waals surface area contributed by atoms with Crippen LogP contribution in [0.1, 0.15) is 18.4 Å². The molecule has 4 heteroatoms. The first-order chi connectivity index (χ1) is 7.65. The number of ether oxygens (including phenoxy) is 1. The van der Waals surface area contributed by atoms with E-state index in [1.54, 1.807) is 6.08 Å². The lowest BCUT2D eigenvalue weighted by Gasteiger charge is -2.15. The van der Waals surface area contributed by atoms with Gasteiger partial charge in [-0.1, -0.05) is 6.07 Å². The van der Waals surface area contributed by atoms with Crippen molar-refractivity contribution >= 4 is 11.9 Å². The zero-order chi connectivity index (χ0) is 11.5. The summed E-state index contributed by atoms with van der Waals surface area (Å²) in [5.41, 5.74) is 0.489. The molecule has 1 aromatic rings. The van der Waals surface area contributed by atoms with Gasteiger partial charge < -0.3 is 4.74 Å². The molecule has 1 aliphatic heterocycles. The molecule has 1 saturated heterocycles. The molecular weight excluding hydrogens is 214 g/mol. The number of allylic oxidation sites excluding steroid dienone is 1. The van der Waals surface area contributed by atoms with E-state index >= 15 is 0 Å². The maximum absolute atomic E-state index is 12.9. The van der Waals surface area contributed by atoms with Gasteiger partial charge in [0.05, 0.1) is 13.0 Å². The van der Waals surface area contributed by atoms with Gasteiger partial charge in [0.2, 0.25) is 0 Å². The summed E-state index contributed by atoms with van der Waals surface area (Å²) in [5, 5.41) is 0. The summed E-state index contributed by atoms with van der Waals surface area (Å²) in [6, 6.07) is 3.56. The maximum Gasteiger partial charge on any atom is 0.159 e. The van der Waals surface area contributed by atoms with Crippen LogP contribution in [0.15, 0.2) is 24.0 Å². The Labute approximate surface area is 91.5 Å². The number of Topliss-reactive ketones (excluding diaryl/α,β-unsaturated/α-hetero) is 1. The largest absolute Gasteiger partial charge is 0.497 e. The lowest BCUT2D eigenvalue weighted by Crippen LogP contribution is -2.13. The molecule has 0 aliphatic carbocycles. The van der Waals surface area contributed by atoms with E-state index in [1.807, 2.05) is 0 Å². The van der Waals surface area contributed by atoms with E-state index < -0.39 is 11.6 Å². The molecule has 1 heterocycles. The van der Waals surface area contributed by atoms with Crippen LogP contribution in [0, 0.1) is 11.6 Å². The molecule has 0 spiro atoms. The quantitative estimate of drug-likeness (QED) is 0.733. The summed E-state index contributed by atoms with van der Waals surface area (Å²) in [6.45, 7) is 0.355. The van der Waals surface area contributed by atoms with E-state index in [-0.39, 0.29) is 12.2 Å². The average Bonchev–Trinajstić information content (AvgIpc) is 2.24. The second-order valence-electron chi connectivity index (χ2n) is 3.60. The Morgan fingerprint density at radius 1 is 1.25 bits per heavy atom. The Hall–Kier alpha value is -1.71. The van der Waals surface area contributed by atoms with Gasteiger partial charge in [-0.3, -0.25) is 4.79 Å². The van der Waals surface area contributed by atoms with Crippen LogP contribution in [0.25, 0.3) is 6.08 Å². The molecule has 0 unspecified atom stereocenters. The number of carbonyl (C=O) groups is 1. The highest BCUT2D eigenvalue weighted by Gasteiger charge is 2.14. The van der Waals surface area contributed by atoms with E-state index in [1.165, 1.54) is 6.07 Å². The number of rotatable bonds is 1. The molecule has 0 radical (unpaired) electrons. The van der Waals surface area contributed by atoms with E-state index in [0.29, 0.717) is 24.4 Å². The van der Waals surface area contributed by atoms with Crippen LogP contribution >= 0.6 is 0 Å². The minimum absolute atomic E-state index is 0.0973. The zero-order valence-electron chi connectivity index (χ0n) is 8.50. The Kier molecular flexibility index (Phi) is 2.99. The van der Waals surface area contributed by atoms with E-state index in [4.69, 9.17) is 4.74 Å². The predicted molar refractivity (Wildman–Crippen MR) is 54.5 cm³/mol. The van der Waals surface area contributed by atoms with Gasteiger partial charge in [-0.15, -0.1) is 0 Å². The molecule has 0 N–H and O–H groups in total. The SMILES string of the molecule is O=C1CCOC(=Cc2ccc(F)c(F)c2)C1.